The van der Waals surface area contributed by atoms with Crippen LogP contribution in [0.1, 0.15) is 19.4 Å². The molecule has 1 heterocycles. The second-order valence-electron chi connectivity index (χ2n) is 3.85. The molecule has 0 spiro atoms. The van der Waals surface area contributed by atoms with Crippen LogP contribution in [0.5, 0.6) is 0 Å². The molecule has 1 amide bonds. The Morgan fingerprint density at radius 1 is 1.27 bits per heavy atom. The second-order valence-corrected chi connectivity index (χ2v) is 3.85. The zero-order chi connectivity index (χ0) is 11.1. The molecule has 0 aromatic heterocycles. The predicted octanol–water partition coefficient (Wildman–Crippen LogP) is 2.54. The van der Waals surface area contributed by atoms with Crippen LogP contribution in [0.3, 0.4) is 0 Å². The molecular formula is C11H10FNO2. The normalized spacial score (nSPS) is 18.6. The van der Waals surface area contributed by atoms with Gasteiger partial charge in [0, 0.05) is 5.56 Å². The van der Waals surface area contributed by atoms with Crippen LogP contribution >= 0.6 is 0 Å². The maximum atomic E-state index is 12.7. The highest BCUT2D eigenvalue weighted by molar-refractivity contribution is 6.13. The van der Waals surface area contributed by atoms with Gasteiger partial charge in [0.05, 0.1) is 5.71 Å². The number of carbonyl (C=O) groups is 1. The molecule has 0 saturated carbocycles. The van der Waals surface area contributed by atoms with E-state index in [2.05, 4.69) is 4.99 Å². The largest absolute Gasteiger partial charge is 0.435 e. The first-order chi connectivity index (χ1) is 6.99. The molecule has 0 fully saturated rings. The van der Waals surface area contributed by atoms with Gasteiger partial charge in [0.1, 0.15) is 5.82 Å². The summed E-state index contributed by atoms with van der Waals surface area (Å²) in [5.41, 5.74) is 0.495. The van der Waals surface area contributed by atoms with Crippen LogP contribution in [0.15, 0.2) is 29.3 Å². The van der Waals surface area contributed by atoms with Gasteiger partial charge in [0.2, 0.25) is 0 Å². The summed E-state index contributed by atoms with van der Waals surface area (Å²) in [6.07, 6.45) is -0.598. The molecule has 78 valence electrons. The Bertz CT molecular complexity index is 434. The minimum absolute atomic E-state index is 0.317. The van der Waals surface area contributed by atoms with Crippen LogP contribution < -0.4 is 0 Å². The van der Waals surface area contributed by atoms with Crippen molar-refractivity contribution >= 4 is 11.8 Å². The SMILES string of the molecule is CC1(C)OC(=O)N=C1c1ccc(F)cc1. The summed E-state index contributed by atoms with van der Waals surface area (Å²) in [6, 6.07) is 5.82. The Balaban J connectivity index is 2.43. The van der Waals surface area contributed by atoms with Crippen LogP contribution in [0, 0.1) is 5.82 Å². The standard InChI is InChI=1S/C11H10FNO2/c1-11(2)9(13-10(14)15-11)7-3-5-8(12)6-4-7/h3-6H,1-2H3. The van der Waals surface area contributed by atoms with E-state index < -0.39 is 11.7 Å². The maximum absolute atomic E-state index is 12.7. The van der Waals surface area contributed by atoms with Crippen LogP contribution in [-0.4, -0.2) is 17.4 Å². The van der Waals surface area contributed by atoms with Gasteiger partial charge in [-0.3, -0.25) is 0 Å². The molecular weight excluding hydrogens is 197 g/mol. The molecule has 1 aliphatic heterocycles. The molecule has 0 aliphatic carbocycles. The van der Waals surface area contributed by atoms with Crippen molar-refractivity contribution in [3.05, 3.63) is 35.6 Å². The van der Waals surface area contributed by atoms with Gasteiger partial charge in [-0.2, -0.15) is 4.99 Å². The molecule has 0 unspecified atom stereocenters. The summed E-state index contributed by atoms with van der Waals surface area (Å²) in [6.45, 7) is 3.50. The minimum atomic E-state index is -0.741. The third-order valence-electron chi connectivity index (χ3n) is 2.23. The van der Waals surface area contributed by atoms with Crippen molar-refractivity contribution in [2.45, 2.75) is 19.4 Å². The fraction of sp³-hybridized carbons (Fsp3) is 0.273. The van der Waals surface area contributed by atoms with Crippen LogP contribution in [-0.2, 0) is 4.74 Å². The fourth-order valence-corrected chi connectivity index (χ4v) is 1.54. The highest BCUT2D eigenvalue weighted by Crippen LogP contribution is 2.24. The third kappa shape index (κ3) is 1.75. The van der Waals surface area contributed by atoms with Gasteiger partial charge in [-0.05, 0) is 26.0 Å². The fourth-order valence-electron chi connectivity index (χ4n) is 1.54. The Labute approximate surface area is 86.6 Å². The maximum Gasteiger partial charge on any atom is 0.434 e. The van der Waals surface area contributed by atoms with Crippen molar-refractivity contribution in [3.8, 4) is 0 Å². The molecule has 1 aromatic rings. The highest BCUT2D eigenvalue weighted by atomic mass is 19.1. The van der Waals surface area contributed by atoms with Gasteiger partial charge < -0.3 is 4.74 Å². The summed E-state index contributed by atoms with van der Waals surface area (Å²) in [5.74, 6) is -0.317. The number of hydrogen-bond donors (Lipinski definition) is 0. The first-order valence-corrected chi connectivity index (χ1v) is 4.57. The summed E-state index contributed by atoms with van der Waals surface area (Å²) in [4.78, 5) is 14.8. The first kappa shape index (κ1) is 9.83. The van der Waals surface area contributed by atoms with E-state index in [0.717, 1.165) is 0 Å². The molecule has 15 heavy (non-hydrogen) atoms. The lowest BCUT2D eigenvalue weighted by Gasteiger charge is -2.18. The van der Waals surface area contributed by atoms with Crippen LogP contribution in [0.4, 0.5) is 9.18 Å². The molecule has 4 heteroatoms. The van der Waals surface area contributed by atoms with Crippen molar-refractivity contribution in [3.63, 3.8) is 0 Å². The number of cyclic esters (lactones) is 1. The van der Waals surface area contributed by atoms with Crippen molar-refractivity contribution in [1.82, 2.24) is 0 Å². The number of halogens is 1. The number of rotatable bonds is 1. The lowest BCUT2D eigenvalue weighted by Crippen LogP contribution is -2.31. The van der Waals surface area contributed by atoms with E-state index in [1.54, 1.807) is 26.0 Å². The first-order valence-electron chi connectivity index (χ1n) is 4.57. The number of ether oxygens (including phenoxy) is 1. The average Bonchev–Trinajstić information content (AvgIpc) is 2.41. The molecule has 1 aromatic carbocycles. The Hall–Kier alpha value is -1.71. The lowest BCUT2D eigenvalue weighted by atomic mass is 9.96. The Morgan fingerprint density at radius 2 is 1.87 bits per heavy atom. The van der Waals surface area contributed by atoms with Gasteiger partial charge >= 0.3 is 6.09 Å². The molecule has 0 radical (unpaired) electrons. The molecule has 1 aliphatic rings. The topological polar surface area (TPSA) is 38.7 Å². The molecule has 0 N–H and O–H groups in total. The molecule has 0 bridgehead atoms. The van der Waals surface area contributed by atoms with E-state index in [1.807, 2.05) is 0 Å². The van der Waals surface area contributed by atoms with Crippen molar-refractivity contribution in [2.24, 2.45) is 4.99 Å². The second kappa shape index (κ2) is 3.15. The van der Waals surface area contributed by atoms with E-state index in [4.69, 9.17) is 4.74 Å². The smallest absolute Gasteiger partial charge is 0.434 e. The van der Waals surface area contributed by atoms with Crippen molar-refractivity contribution in [2.75, 3.05) is 0 Å². The summed E-state index contributed by atoms with van der Waals surface area (Å²) in [7, 11) is 0. The molecule has 3 nitrogen and oxygen atoms in total. The zero-order valence-electron chi connectivity index (χ0n) is 8.45. The quantitative estimate of drug-likeness (QED) is 0.709. The number of aliphatic imine (C=N–C) groups is 1. The van der Waals surface area contributed by atoms with Gasteiger partial charge in [-0.25, -0.2) is 9.18 Å². The van der Waals surface area contributed by atoms with E-state index in [0.29, 0.717) is 11.3 Å². The lowest BCUT2D eigenvalue weighted by molar-refractivity contribution is 0.107. The predicted molar refractivity (Wildman–Crippen MR) is 53.5 cm³/mol. The Kier molecular flexibility index (Phi) is 2.07. The van der Waals surface area contributed by atoms with E-state index in [9.17, 15) is 9.18 Å². The average molecular weight is 207 g/mol. The third-order valence-corrected chi connectivity index (χ3v) is 2.23. The van der Waals surface area contributed by atoms with Crippen molar-refractivity contribution in [1.29, 1.82) is 0 Å². The number of carbonyl (C=O) groups excluding carboxylic acids is 1. The molecule has 0 saturated heterocycles. The summed E-state index contributed by atoms with van der Waals surface area (Å²) < 4.78 is 17.7. The monoisotopic (exact) mass is 207 g/mol. The zero-order valence-corrected chi connectivity index (χ0v) is 8.45. The van der Waals surface area contributed by atoms with Gasteiger partial charge in [0.25, 0.3) is 0 Å². The van der Waals surface area contributed by atoms with Crippen LogP contribution in [0.25, 0.3) is 0 Å². The number of nitrogens with zero attached hydrogens (tertiary/aromatic N) is 1. The summed E-state index contributed by atoms with van der Waals surface area (Å²) in [5, 5.41) is 0. The summed E-state index contributed by atoms with van der Waals surface area (Å²) >= 11 is 0. The van der Waals surface area contributed by atoms with Gasteiger partial charge in [0.15, 0.2) is 5.60 Å². The van der Waals surface area contributed by atoms with Crippen LogP contribution in [0.2, 0.25) is 0 Å². The van der Waals surface area contributed by atoms with E-state index in [1.165, 1.54) is 12.1 Å². The number of hydrogen-bond acceptors (Lipinski definition) is 2. The van der Waals surface area contributed by atoms with E-state index >= 15 is 0 Å². The highest BCUT2D eigenvalue weighted by Gasteiger charge is 2.36. The van der Waals surface area contributed by atoms with Crippen molar-refractivity contribution < 1.29 is 13.9 Å². The van der Waals surface area contributed by atoms with Gasteiger partial charge in [-0.1, -0.05) is 12.1 Å². The van der Waals surface area contributed by atoms with Gasteiger partial charge in [-0.15, -0.1) is 0 Å². The Morgan fingerprint density at radius 3 is 2.33 bits per heavy atom. The number of benzene rings is 1. The number of amides is 1. The van der Waals surface area contributed by atoms with E-state index in [-0.39, 0.29) is 5.82 Å². The molecule has 0 atom stereocenters. The molecule has 2 rings (SSSR count). The minimum Gasteiger partial charge on any atom is -0.435 e.